The van der Waals surface area contributed by atoms with Gasteiger partial charge in [0.15, 0.2) is 0 Å². The molecule has 5 nitrogen and oxygen atoms in total. The standard InChI is InChI=1S/C18H34O3.C4H6O2.Zn/c1-2-3-4-11-14-17(19)15-12-9-7-5-6-8-10-13-16-18(20)21;1-3(2)4(5)6;/h9,12,17,19H,2-8,10-11,13-16H2,1H3,(H,20,21);1H2,2H3,(H,5,6);/b12-9+;;. The number of carboxylic acid groups (broad SMARTS) is 2. The van der Waals surface area contributed by atoms with Crippen molar-refractivity contribution < 1.29 is 44.4 Å². The van der Waals surface area contributed by atoms with Gasteiger partial charge in [0.1, 0.15) is 0 Å². The van der Waals surface area contributed by atoms with Crippen LogP contribution in [-0.2, 0) is 29.1 Å². The molecule has 160 valence electrons. The summed E-state index contributed by atoms with van der Waals surface area (Å²) < 4.78 is 0. The molecular weight excluding hydrogens is 410 g/mol. The van der Waals surface area contributed by atoms with Crippen LogP contribution in [0.15, 0.2) is 24.3 Å². The third-order valence-electron chi connectivity index (χ3n) is 4.09. The zero-order valence-electron chi connectivity index (χ0n) is 18.0. The van der Waals surface area contributed by atoms with Gasteiger partial charge in [-0.05, 0) is 39.0 Å². The van der Waals surface area contributed by atoms with Gasteiger partial charge in [-0.3, -0.25) is 4.79 Å². The van der Waals surface area contributed by atoms with Crippen molar-refractivity contribution >= 4 is 11.9 Å². The fraction of sp³-hybridized carbons (Fsp3) is 0.727. The van der Waals surface area contributed by atoms with Gasteiger partial charge in [-0.2, -0.15) is 0 Å². The maximum atomic E-state index is 10.3. The number of rotatable bonds is 16. The van der Waals surface area contributed by atoms with E-state index in [0.29, 0.717) is 6.42 Å². The summed E-state index contributed by atoms with van der Waals surface area (Å²) in [4.78, 5) is 19.9. The fourth-order valence-corrected chi connectivity index (χ4v) is 2.36. The Morgan fingerprint density at radius 2 is 1.46 bits per heavy atom. The molecule has 1 atom stereocenters. The molecule has 0 saturated heterocycles. The second kappa shape index (κ2) is 24.0. The Morgan fingerprint density at radius 1 is 0.929 bits per heavy atom. The molecule has 0 spiro atoms. The third kappa shape index (κ3) is 29.8. The monoisotopic (exact) mass is 448 g/mol. The Kier molecular flexibility index (Phi) is 27.2. The summed E-state index contributed by atoms with van der Waals surface area (Å²) in [5.41, 5.74) is 0.176. The Morgan fingerprint density at radius 3 is 2.00 bits per heavy atom. The van der Waals surface area contributed by atoms with Crippen molar-refractivity contribution in [2.75, 3.05) is 0 Å². The summed E-state index contributed by atoms with van der Waals surface area (Å²) in [5, 5.41) is 26.2. The Balaban J connectivity index is -0.000000771. The Bertz CT molecular complexity index is 409. The van der Waals surface area contributed by atoms with Crippen LogP contribution >= 0.6 is 0 Å². The van der Waals surface area contributed by atoms with Gasteiger partial charge in [-0.15, -0.1) is 0 Å². The van der Waals surface area contributed by atoms with E-state index in [1.807, 2.05) is 0 Å². The normalized spacial score (nSPS) is 11.2. The van der Waals surface area contributed by atoms with E-state index in [2.05, 4.69) is 25.7 Å². The van der Waals surface area contributed by atoms with Crippen molar-refractivity contribution in [3.05, 3.63) is 24.3 Å². The van der Waals surface area contributed by atoms with Crippen molar-refractivity contribution in [2.24, 2.45) is 0 Å². The minimum absolute atomic E-state index is 0. The van der Waals surface area contributed by atoms with E-state index in [0.717, 1.165) is 51.4 Å². The van der Waals surface area contributed by atoms with Crippen LogP contribution in [0, 0.1) is 0 Å². The number of allylic oxidation sites excluding steroid dienone is 1. The predicted octanol–water partition coefficient (Wildman–Crippen LogP) is 5.72. The molecular formula is C22H40O5Zn. The second-order valence-electron chi connectivity index (χ2n) is 7.00. The number of carbonyl (C=O) groups is 2. The zero-order valence-corrected chi connectivity index (χ0v) is 21.0. The molecule has 0 radical (unpaired) electrons. The first-order chi connectivity index (χ1) is 12.8. The van der Waals surface area contributed by atoms with Gasteiger partial charge in [0.05, 0.1) is 6.10 Å². The first kappa shape index (κ1) is 31.7. The second-order valence-corrected chi connectivity index (χ2v) is 7.00. The molecule has 0 aromatic carbocycles. The van der Waals surface area contributed by atoms with Crippen LogP contribution in [0.2, 0.25) is 0 Å². The smallest absolute Gasteiger partial charge is 0.330 e. The quantitative estimate of drug-likeness (QED) is 0.121. The molecule has 0 fully saturated rings. The first-order valence-electron chi connectivity index (χ1n) is 10.2. The average molecular weight is 450 g/mol. The summed E-state index contributed by atoms with van der Waals surface area (Å²) in [6.07, 6.45) is 17.4. The number of aliphatic hydroxyl groups is 1. The number of aliphatic carboxylic acids is 2. The van der Waals surface area contributed by atoms with Gasteiger partial charge in [-0.1, -0.05) is 70.6 Å². The molecule has 1 unspecified atom stereocenters. The van der Waals surface area contributed by atoms with Gasteiger partial charge >= 0.3 is 11.9 Å². The third-order valence-corrected chi connectivity index (χ3v) is 4.09. The first-order valence-corrected chi connectivity index (χ1v) is 10.2. The van der Waals surface area contributed by atoms with Crippen LogP contribution < -0.4 is 0 Å². The molecule has 0 aliphatic heterocycles. The van der Waals surface area contributed by atoms with Crippen molar-refractivity contribution in [1.29, 1.82) is 0 Å². The predicted molar refractivity (Wildman–Crippen MR) is 111 cm³/mol. The van der Waals surface area contributed by atoms with Crippen molar-refractivity contribution in [1.82, 2.24) is 0 Å². The van der Waals surface area contributed by atoms with E-state index in [9.17, 15) is 14.7 Å². The molecule has 0 heterocycles. The number of hydrogen-bond acceptors (Lipinski definition) is 3. The van der Waals surface area contributed by atoms with Crippen molar-refractivity contribution in [3.8, 4) is 0 Å². The number of carboxylic acids is 2. The van der Waals surface area contributed by atoms with E-state index in [-0.39, 0.29) is 31.2 Å². The van der Waals surface area contributed by atoms with Crippen LogP contribution in [0.4, 0.5) is 0 Å². The Hall–Kier alpha value is -0.997. The van der Waals surface area contributed by atoms with Crippen molar-refractivity contribution in [2.45, 2.75) is 103 Å². The maximum absolute atomic E-state index is 10.3. The molecule has 0 saturated carbocycles. The van der Waals surface area contributed by atoms with Crippen LogP contribution in [-0.4, -0.2) is 33.4 Å². The summed E-state index contributed by atoms with van der Waals surface area (Å²) in [5.74, 6) is -1.62. The molecule has 0 rings (SSSR count). The van der Waals surface area contributed by atoms with E-state index < -0.39 is 11.9 Å². The number of hydrogen-bond donors (Lipinski definition) is 3. The minimum Gasteiger partial charge on any atom is -0.481 e. The molecule has 0 amide bonds. The largest absolute Gasteiger partial charge is 0.481 e. The van der Waals surface area contributed by atoms with Gasteiger partial charge in [0, 0.05) is 31.5 Å². The molecule has 0 aromatic rings. The van der Waals surface area contributed by atoms with Crippen LogP contribution in [0.3, 0.4) is 0 Å². The van der Waals surface area contributed by atoms with Crippen LogP contribution in [0.25, 0.3) is 0 Å². The van der Waals surface area contributed by atoms with E-state index in [1.54, 1.807) is 0 Å². The molecule has 3 N–H and O–H groups in total. The molecule has 0 aliphatic carbocycles. The number of aliphatic hydroxyl groups excluding tert-OH is 1. The average Bonchev–Trinajstić information content (AvgIpc) is 2.60. The Labute approximate surface area is 184 Å². The molecule has 28 heavy (non-hydrogen) atoms. The van der Waals surface area contributed by atoms with Gasteiger partial charge in [0.25, 0.3) is 0 Å². The molecule has 0 aromatic heterocycles. The van der Waals surface area contributed by atoms with Crippen LogP contribution in [0.5, 0.6) is 0 Å². The van der Waals surface area contributed by atoms with E-state index in [1.165, 1.54) is 32.6 Å². The van der Waals surface area contributed by atoms with Gasteiger partial charge in [-0.25, -0.2) is 4.79 Å². The summed E-state index contributed by atoms with van der Waals surface area (Å²) in [7, 11) is 0. The van der Waals surface area contributed by atoms with E-state index >= 15 is 0 Å². The topological polar surface area (TPSA) is 94.8 Å². The molecule has 6 heteroatoms. The summed E-state index contributed by atoms with van der Waals surface area (Å²) in [6, 6.07) is 0. The van der Waals surface area contributed by atoms with Crippen LogP contribution in [0.1, 0.15) is 97.3 Å². The van der Waals surface area contributed by atoms with Gasteiger partial charge < -0.3 is 15.3 Å². The summed E-state index contributed by atoms with van der Waals surface area (Å²) >= 11 is 0. The number of unbranched alkanes of at least 4 members (excludes halogenated alkanes) is 8. The zero-order chi connectivity index (χ0) is 20.9. The van der Waals surface area contributed by atoms with Crippen molar-refractivity contribution in [3.63, 3.8) is 0 Å². The summed E-state index contributed by atoms with van der Waals surface area (Å²) in [6.45, 7) is 6.80. The fourth-order valence-electron chi connectivity index (χ4n) is 2.36. The molecule has 0 bridgehead atoms. The maximum Gasteiger partial charge on any atom is 0.330 e. The SMILES string of the molecule is C=C(C)C(=O)O.CCCCCCC(O)C/C=C/CCCCCCCC(=O)O.[Zn]. The van der Waals surface area contributed by atoms with E-state index in [4.69, 9.17) is 10.2 Å². The minimum atomic E-state index is -0.935. The van der Waals surface area contributed by atoms with Gasteiger partial charge in [0.2, 0.25) is 0 Å². The molecule has 0 aliphatic rings.